The molecule has 3 aliphatic rings. The maximum atomic E-state index is 12.2. The van der Waals surface area contributed by atoms with E-state index >= 15 is 0 Å². The molecule has 2 saturated heterocycles. The zero-order chi connectivity index (χ0) is 16.0. The average molecular weight is 331 g/mol. The number of amides is 1. The first-order chi connectivity index (χ1) is 11.1. The van der Waals surface area contributed by atoms with E-state index < -0.39 is 0 Å². The Morgan fingerprint density at radius 1 is 1.35 bits per heavy atom. The molecule has 0 aliphatic carbocycles. The van der Waals surface area contributed by atoms with Gasteiger partial charge in [0.2, 0.25) is 0 Å². The van der Waals surface area contributed by atoms with Crippen LogP contribution in [0.1, 0.15) is 24.1 Å². The van der Waals surface area contributed by atoms with Crippen LogP contribution < -0.4 is 0 Å². The number of carbonyl (C=O) groups is 1. The molecule has 4 rings (SSSR count). The Hall–Kier alpha value is -1.60. The van der Waals surface area contributed by atoms with Gasteiger partial charge in [0.1, 0.15) is 0 Å². The van der Waals surface area contributed by atoms with Crippen molar-refractivity contribution in [3.8, 4) is 0 Å². The Bertz CT molecular complexity index is 707. The predicted molar refractivity (Wildman–Crippen MR) is 92.1 cm³/mol. The normalized spacial score (nSPS) is 27.0. The van der Waals surface area contributed by atoms with Crippen LogP contribution in [0.5, 0.6) is 0 Å². The third kappa shape index (κ3) is 2.72. The molecule has 4 heterocycles. The van der Waals surface area contributed by atoms with Crippen molar-refractivity contribution >= 4 is 28.9 Å². The first-order valence-electron chi connectivity index (χ1n) is 8.12. The summed E-state index contributed by atoms with van der Waals surface area (Å²) >= 11 is 1.50. The summed E-state index contributed by atoms with van der Waals surface area (Å²) in [6, 6.07) is 0.635. The Morgan fingerprint density at radius 2 is 2.22 bits per heavy atom. The average Bonchev–Trinajstić information content (AvgIpc) is 3.23. The number of nitrogens with zero attached hydrogens (tertiary/aromatic N) is 5. The number of amidine groups is 1. The molecule has 6 nitrogen and oxygen atoms in total. The molecule has 0 bridgehead atoms. The van der Waals surface area contributed by atoms with Gasteiger partial charge in [-0.05, 0) is 44.1 Å². The van der Waals surface area contributed by atoms with Crippen molar-refractivity contribution in [3.05, 3.63) is 22.4 Å². The molecule has 2 fully saturated rings. The molecule has 0 radical (unpaired) electrons. The third-order valence-corrected chi connectivity index (χ3v) is 6.07. The van der Waals surface area contributed by atoms with Crippen molar-refractivity contribution in [2.24, 2.45) is 12.0 Å². The van der Waals surface area contributed by atoms with Crippen molar-refractivity contribution in [2.75, 3.05) is 26.2 Å². The van der Waals surface area contributed by atoms with E-state index in [9.17, 15) is 4.79 Å². The summed E-state index contributed by atoms with van der Waals surface area (Å²) in [6.45, 7) is 6.28. The summed E-state index contributed by atoms with van der Waals surface area (Å²) in [5.74, 6) is -0.123. The monoisotopic (exact) mass is 331 g/mol. The second-order valence-corrected chi connectivity index (χ2v) is 7.41. The van der Waals surface area contributed by atoms with E-state index in [0.717, 1.165) is 36.1 Å². The molecule has 1 aromatic heterocycles. The summed E-state index contributed by atoms with van der Waals surface area (Å²) in [5, 5.41) is 5.10. The third-order valence-electron chi connectivity index (χ3n) is 5.03. The molecule has 122 valence electrons. The van der Waals surface area contributed by atoms with Crippen molar-refractivity contribution in [1.29, 1.82) is 0 Å². The highest BCUT2D eigenvalue weighted by molar-refractivity contribution is 8.18. The standard InChI is InChI=1S/C16H21N5OS/c1-11-12(9-17-19(11)2)8-14-15(22)18-16(23-14)21-7-6-20-5-3-4-13(20)10-21/h8-9,13H,3-7,10H2,1-2H3/b14-8-. The van der Waals surface area contributed by atoms with Crippen LogP contribution in [0.2, 0.25) is 0 Å². The van der Waals surface area contributed by atoms with Gasteiger partial charge < -0.3 is 4.90 Å². The van der Waals surface area contributed by atoms with Gasteiger partial charge >= 0.3 is 0 Å². The van der Waals surface area contributed by atoms with Crippen LogP contribution >= 0.6 is 11.8 Å². The van der Waals surface area contributed by atoms with Crippen molar-refractivity contribution in [2.45, 2.75) is 25.8 Å². The van der Waals surface area contributed by atoms with E-state index in [4.69, 9.17) is 0 Å². The van der Waals surface area contributed by atoms with Crippen LogP contribution in [-0.4, -0.2) is 62.9 Å². The number of fused-ring (bicyclic) bond motifs is 1. The molecule has 1 unspecified atom stereocenters. The number of carbonyl (C=O) groups excluding carboxylic acids is 1. The fourth-order valence-electron chi connectivity index (χ4n) is 3.50. The molecular weight excluding hydrogens is 310 g/mol. The van der Waals surface area contributed by atoms with Crippen LogP contribution in [0.15, 0.2) is 16.1 Å². The van der Waals surface area contributed by atoms with E-state index in [1.165, 1.54) is 31.1 Å². The minimum absolute atomic E-state index is 0.123. The number of aromatic nitrogens is 2. The molecule has 1 amide bonds. The first kappa shape index (κ1) is 15.0. The Labute approximate surface area is 140 Å². The summed E-state index contributed by atoms with van der Waals surface area (Å²) in [5.41, 5.74) is 2.04. The fraction of sp³-hybridized carbons (Fsp3) is 0.562. The van der Waals surface area contributed by atoms with Crippen molar-refractivity contribution in [1.82, 2.24) is 19.6 Å². The number of hydrogen-bond acceptors (Lipinski definition) is 5. The Kier molecular flexibility index (Phi) is 3.77. The lowest BCUT2D eigenvalue weighted by molar-refractivity contribution is -0.113. The van der Waals surface area contributed by atoms with Crippen LogP contribution in [0.25, 0.3) is 6.08 Å². The number of aryl methyl sites for hydroxylation is 1. The molecule has 1 atom stereocenters. The van der Waals surface area contributed by atoms with Crippen LogP contribution in [0.4, 0.5) is 0 Å². The largest absolute Gasteiger partial charge is 0.348 e. The zero-order valence-corrected chi connectivity index (χ0v) is 14.3. The molecule has 0 N–H and O–H groups in total. The predicted octanol–water partition coefficient (Wildman–Crippen LogP) is 1.48. The van der Waals surface area contributed by atoms with E-state index in [1.54, 1.807) is 6.20 Å². The Balaban J connectivity index is 1.49. The van der Waals surface area contributed by atoms with Gasteiger partial charge in [-0.15, -0.1) is 0 Å². The van der Waals surface area contributed by atoms with Gasteiger partial charge in [-0.1, -0.05) is 0 Å². The minimum atomic E-state index is -0.123. The smallest absolute Gasteiger partial charge is 0.286 e. The Morgan fingerprint density at radius 3 is 3.00 bits per heavy atom. The SMILES string of the molecule is Cc1c(/C=C2\SC(N3CCN4CCCC4C3)=NC2=O)cnn1C. The molecule has 7 heteroatoms. The van der Waals surface area contributed by atoms with Gasteiger partial charge in [0.05, 0.1) is 11.1 Å². The molecule has 23 heavy (non-hydrogen) atoms. The lowest BCUT2D eigenvalue weighted by Gasteiger charge is -2.38. The number of thioether (sulfide) groups is 1. The molecule has 3 aliphatic heterocycles. The highest BCUT2D eigenvalue weighted by atomic mass is 32.2. The highest BCUT2D eigenvalue weighted by Crippen LogP contribution is 2.32. The maximum absolute atomic E-state index is 12.2. The molecule has 1 aromatic rings. The van der Waals surface area contributed by atoms with E-state index in [2.05, 4.69) is 19.9 Å². The van der Waals surface area contributed by atoms with Gasteiger partial charge in [0.25, 0.3) is 5.91 Å². The first-order valence-corrected chi connectivity index (χ1v) is 8.93. The van der Waals surface area contributed by atoms with Crippen LogP contribution in [-0.2, 0) is 11.8 Å². The van der Waals surface area contributed by atoms with Gasteiger partial charge in [0.15, 0.2) is 5.17 Å². The van der Waals surface area contributed by atoms with Gasteiger partial charge in [-0.25, -0.2) is 0 Å². The molecule has 0 saturated carbocycles. The lowest BCUT2D eigenvalue weighted by atomic mass is 10.2. The number of rotatable bonds is 1. The van der Waals surface area contributed by atoms with Gasteiger partial charge in [-0.2, -0.15) is 10.1 Å². The van der Waals surface area contributed by atoms with Crippen molar-refractivity contribution < 1.29 is 4.79 Å². The van der Waals surface area contributed by atoms with Crippen LogP contribution in [0.3, 0.4) is 0 Å². The lowest BCUT2D eigenvalue weighted by Crippen LogP contribution is -2.51. The second-order valence-electron chi connectivity index (χ2n) is 6.40. The molecular formula is C16H21N5OS. The van der Waals surface area contributed by atoms with E-state index in [0.29, 0.717) is 10.9 Å². The highest BCUT2D eigenvalue weighted by Gasteiger charge is 2.34. The van der Waals surface area contributed by atoms with Crippen LogP contribution in [0, 0.1) is 6.92 Å². The molecule has 0 spiro atoms. The summed E-state index contributed by atoms with van der Waals surface area (Å²) in [6.07, 6.45) is 6.27. The van der Waals surface area contributed by atoms with Crippen molar-refractivity contribution in [3.63, 3.8) is 0 Å². The minimum Gasteiger partial charge on any atom is -0.348 e. The molecule has 0 aromatic carbocycles. The summed E-state index contributed by atoms with van der Waals surface area (Å²) < 4.78 is 1.82. The van der Waals surface area contributed by atoms with Gasteiger partial charge in [0, 0.05) is 44.0 Å². The topological polar surface area (TPSA) is 53.7 Å². The number of piperazine rings is 1. The van der Waals surface area contributed by atoms with E-state index in [-0.39, 0.29) is 5.91 Å². The number of hydrogen-bond donors (Lipinski definition) is 0. The summed E-state index contributed by atoms with van der Waals surface area (Å²) in [7, 11) is 1.91. The maximum Gasteiger partial charge on any atom is 0.286 e. The fourth-order valence-corrected chi connectivity index (χ4v) is 4.44. The summed E-state index contributed by atoms with van der Waals surface area (Å²) in [4.78, 5) is 22.1. The second kappa shape index (κ2) is 5.79. The van der Waals surface area contributed by atoms with E-state index in [1.807, 2.05) is 24.7 Å². The van der Waals surface area contributed by atoms with Gasteiger partial charge in [-0.3, -0.25) is 14.4 Å². The zero-order valence-electron chi connectivity index (χ0n) is 13.5. The quantitative estimate of drug-likeness (QED) is 0.730. The number of aliphatic imine (C=N–C) groups is 1.